The standard InChI is InChI=1S/C11H15N3O2/c1-4-9(14-13-7(2)3)8-5-6-10(15)12-11(8)16/h4,8H,1,5-6H2,2-3H3,(H,12,15,16)/b14-9+. The van der Waals surface area contributed by atoms with Crippen LogP contribution < -0.4 is 5.32 Å². The third-order valence-electron chi connectivity index (χ3n) is 2.17. The number of rotatable bonds is 3. The van der Waals surface area contributed by atoms with Crippen LogP contribution in [0.1, 0.15) is 26.7 Å². The van der Waals surface area contributed by atoms with Crippen molar-refractivity contribution in [3.63, 3.8) is 0 Å². The van der Waals surface area contributed by atoms with Crippen LogP contribution in [0.2, 0.25) is 0 Å². The van der Waals surface area contributed by atoms with Crippen molar-refractivity contribution < 1.29 is 9.59 Å². The summed E-state index contributed by atoms with van der Waals surface area (Å²) in [4.78, 5) is 22.5. The van der Waals surface area contributed by atoms with Gasteiger partial charge >= 0.3 is 0 Å². The molecule has 1 saturated heterocycles. The van der Waals surface area contributed by atoms with Gasteiger partial charge in [-0.1, -0.05) is 6.58 Å². The smallest absolute Gasteiger partial charge is 0.235 e. The second-order valence-electron chi connectivity index (χ2n) is 3.78. The van der Waals surface area contributed by atoms with Gasteiger partial charge in [-0.05, 0) is 26.3 Å². The Labute approximate surface area is 94.3 Å². The van der Waals surface area contributed by atoms with Gasteiger partial charge in [-0.2, -0.15) is 10.2 Å². The molecule has 0 radical (unpaired) electrons. The van der Waals surface area contributed by atoms with Crippen LogP contribution in [0.25, 0.3) is 0 Å². The molecule has 1 aliphatic rings. The number of amides is 2. The number of nitrogens with one attached hydrogen (secondary N) is 1. The molecule has 86 valence electrons. The summed E-state index contributed by atoms with van der Waals surface area (Å²) < 4.78 is 0. The molecule has 2 amide bonds. The lowest BCUT2D eigenvalue weighted by Crippen LogP contribution is -2.43. The summed E-state index contributed by atoms with van der Waals surface area (Å²) >= 11 is 0. The minimum absolute atomic E-state index is 0.236. The van der Waals surface area contributed by atoms with E-state index in [1.54, 1.807) is 0 Å². The number of carbonyl (C=O) groups is 2. The highest BCUT2D eigenvalue weighted by molar-refractivity contribution is 6.14. The Morgan fingerprint density at radius 1 is 1.44 bits per heavy atom. The molecule has 1 aliphatic heterocycles. The Morgan fingerprint density at radius 2 is 2.12 bits per heavy atom. The van der Waals surface area contributed by atoms with Crippen molar-refractivity contribution in [3.8, 4) is 0 Å². The summed E-state index contributed by atoms with van der Waals surface area (Å²) in [7, 11) is 0. The Kier molecular flexibility index (Phi) is 4.10. The summed E-state index contributed by atoms with van der Waals surface area (Å²) in [5.41, 5.74) is 1.30. The summed E-state index contributed by atoms with van der Waals surface area (Å²) in [6.45, 7) is 7.23. The first-order chi connectivity index (χ1) is 7.54. The van der Waals surface area contributed by atoms with Crippen LogP contribution in [0, 0.1) is 5.92 Å². The normalized spacial score (nSPS) is 21.4. The summed E-state index contributed by atoms with van der Waals surface area (Å²) in [5.74, 6) is -0.975. The predicted molar refractivity (Wildman–Crippen MR) is 62.3 cm³/mol. The fraction of sp³-hybridized carbons (Fsp3) is 0.455. The lowest BCUT2D eigenvalue weighted by atomic mass is 9.93. The fourth-order valence-corrected chi connectivity index (χ4v) is 1.39. The molecular weight excluding hydrogens is 206 g/mol. The first kappa shape index (κ1) is 12.3. The van der Waals surface area contributed by atoms with Gasteiger partial charge in [-0.15, -0.1) is 0 Å². The summed E-state index contributed by atoms with van der Waals surface area (Å²) in [5, 5.41) is 10.1. The number of imide groups is 1. The molecule has 1 fully saturated rings. The van der Waals surface area contributed by atoms with Gasteiger partial charge in [-0.3, -0.25) is 14.9 Å². The number of nitrogens with zero attached hydrogens (tertiary/aromatic N) is 2. The molecule has 1 rings (SSSR count). The highest BCUT2D eigenvalue weighted by Gasteiger charge is 2.29. The first-order valence-electron chi connectivity index (χ1n) is 5.09. The number of piperidine rings is 1. The van der Waals surface area contributed by atoms with Crippen LogP contribution in [0.5, 0.6) is 0 Å². The topological polar surface area (TPSA) is 70.9 Å². The number of allylic oxidation sites excluding steroid dienone is 1. The minimum atomic E-state index is -0.418. The first-order valence-corrected chi connectivity index (χ1v) is 5.09. The van der Waals surface area contributed by atoms with Crippen molar-refractivity contribution in [2.75, 3.05) is 0 Å². The summed E-state index contributed by atoms with van der Waals surface area (Å²) in [6, 6.07) is 0. The van der Waals surface area contributed by atoms with E-state index in [4.69, 9.17) is 0 Å². The van der Waals surface area contributed by atoms with Crippen molar-refractivity contribution in [2.45, 2.75) is 26.7 Å². The van der Waals surface area contributed by atoms with Crippen LogP contribution in [-0.4, -0.2) is 23.2 Å². The van der Waals surface area contributed by atoms with Crippen LogP contribution >= 0.6 is 0 Å². The van der Waals surface area contributed by atoms with E-state index in [2.05, 4.69) is 22.1 Å². The van der Waals surface area contributed by atoms with E-state index in [0.29, 0.717) is 18.6 Å². The number of hydrogen-bond donors (Lipinski definition) is 1. The van der Waals surface area contributed by atoms with E-state index in [1.165, 1.54) is 6.08 Å². The molecule has 0 aliphatic carbocycles. The molecule has 0 aromatic carbocycles. The largest absolute Gasteiger partial charge is 0.296 e. The van der Waals surface area contributed by atoms with Gasteiger partial charge in [0.1, 0.15) is 0 Å². The van der Waals surface area contributed by atoms with Gasteiger partial charge in [-0.25, -0.2) is 0 Å². The lowest BCUT2D eigenvalue weighted by molar-refractivity contribution is -0.134. The van der Waals surface area contributed by atoms with E-state index in [0.717, 1.165) is 5.71 Å². The molecular formula is C11H15N3O2. The highest BCUT2D eigenvalue weighted by atomic mass is 16.2. The van der Waals surface area contributed by atoms with Crippen molar-refractivity contribution in [1.29, 1.82) is 0 Å². The SMILES string of the molecule is C=C/C(=N\N=C(C)C)C1CCC(=O)NC1=O. The average Bonchev–Trinajstić information content (AvgIpc) is 2.21. The van der Waals surface area contributed by atoms with Gasteiger partial charge in [0.2, 0.25) is 11.8 Å². The third kappa shape index (κ3) is 3.12. The van der Waals surface area contributed by atoms with E-state index < -0.39 is 5.92 Å². The zero-order valence-electron chi connectivity index (χ0n) is 9.49. The Balaban J connectivity index is 2.85. The molecule has 1 atom stereocenters. The molecule has 5 nitrogen and oxygen atoms in total. The van der Waals surface area contributed by atoms with E-state index in [-0.39, 0.29) is 11.8 Å². The summed E-state index contributed by atoms with van der Waals surface area (Å²) in [6.07, 6.45) is 2.30. The molecule has 0 saturated carbocycles. The molecule has 0 bridgehead atoms. The Bertz CT molecular complexity index is 379. The second-order valence-corrected chi connectivity index (χ2v) is 3.78. The van der Waals surface area contributed by atoms with E-state index >= 15 is 0 Å². The minimum Gasteiger partial charge on any atom is -0.296 e. The van der Waals surface area contributed by atoms with Gasteiger partial charge in [0.15, 0.2) is 0 Å². The van der Waals surface area contributed by atoms with Crippen LogP contribution in [-0.2, 0) is 9.59 Å². The maximum atomic E-state index is 11.5. The molecule has 1 unspecified atom stereocenters. The maximum absolute atomic E-state index is 11.5. The number of hydrogen-bond acceptors (Lipinski definition) is 4. The number of carbonyl (C=O) groups excluding carboxylic acids is 2. The molecule has 0 aromatic rings. The van der Waals surface area contributed by atoms with E-state index in [9.17, 15) is 9.59 Å². The monoisotopic (exact) mass is 221 g/mol. The highest BCUT2D eigenvalue weighted by Crippen LogP contribution is 2.15. The van der Waals surface area contributed by atoms with Crippen molar-refractivity contribution >= 4 is 23.2 Å². The van der Waals surface area contributed by atoms with Crippen molar-refractivity contribution in [3.05, 3.63) is 12.7 Å². The Morgan fingerprint density at radius 3 is 2.62 bits per heavy atom. The zero-order valence-corrected chi connectivity index (χ0v) is 9.49. The lowest BCUT2D eigenvalue weighted by Gasteiger charge is -2.19. The maximum Gasteiger partial charge on any atom is 0.235 e. The molecule has 0 spiro atoms. The van der Waals surface area contributed by atoms with Crippen LogP contribution in [0.4, 0.5) is 0 Å². The van der Waals surface area contributed by atoms with Gasteiger partial charge < -0.3 is 0 Å². The quantitative estimate of drug-likeness (QED) is 0.440. The van der Waals surface area contributed by atoms with Gasteiger partial charge in [0.05, 0.1) is 11.6 Å². The molecule has 5 heteroatoms. The van der Waals surface area contributed by atoms with Crippen molar-refractivity contribution in [1.82, 2.24) is 5.32 Å². The average molecular weight is 221 g/mol. The molecule has 1 heterocycles. The van der Waals surface area contributed by atoms with E-state index in [1.807, 2.05) is 13.8 Å². The van der Waals surface area contributed by atoms with Gasteiger partial charge in [0, 0.05) is 12.1 Å². The molecule has 1 N–H and O–H groups in total. The van der Waals surface area contributed by atoms with Crippen LogP contribution in [0.3, 0.4) is 0 Å². The van der Waals surface area contributed by atoms with Gasteiger partial charge in [0.25, 0.3) is 0 Å². The second kappa shape index (κ2) is 5.34. The molecule has 16 heavy (non-hydrogen) atoms. The molecule has 0 aromatic heterocycles. The Hall–Kier alpha value is -1.78. The third-order valence-corrected chi connectivity index (χ3v) is 2.17. The predicted octanol–water partition coefficient (Wildman–Crippen LogP) is 1.06. The van der Waals surface area contributed by atoms with Crippen LogP contribution in [0.15, 0.2) is 22.9 Å². The van der Waals surface area contributed by atoms with Crippen molar-refractivity contribution in [2.24, 2.45) is 16.1 Å². The fourth-order valence-electron chi connectivity index (χ4n) is 1.39. The zero-order chi connectivity index (χ0) is 12.1.